The lowest BCUT2D eigenvalue weighted by atomic mass is 9.94. The van der Waals surface area contributed by atoms with E-state index < -0.39 is 5.97 Å². The van der Waals surface area contributed by atoms with E-state index in [-0.39, 0.29) is 24.1 Å². The highest BCUT2D eigenvalue weighted by atomic mass is 32.2. The molecule has 0 saturated heterocycles. The molecule has 0 N–H and O–H groups in total. The fourth-order valence-electron chi connectivity index (χ4n) is 3.59. The van der Waals surface area contributed by atoms with Crippen molar-refractivity contribution < 1.29 is 19.1 Å². The first-order valence-corrected chi connectivity index (χ1v) is 11.3. The number of amides is 1. The average Bonchev–Trinajstić information content (AvgIpc) is 2.81. The van der Waals surface area contributed by atoms with Crippen LogP contribution in [0.4, 0.5) is 0 Å². The van der Waals surface area contributed by atoms with Crippen molar-refractivity contribution in [2.24, 2.45) is 0 Å². The molecule has 0 aliphatic heterocycles. The van der Waals surface area contributed by atoms with Crippen molar-refractivity contribution in [2.45, 2.75) is 43.0 Å². The van der Waals surface area contributed by atoms with Crippen LogP contribution in [-0.4, -0.2) is 48.0 Å². The van der Waals surface area contributed by atoms with Gasteiger partial charge in [0.2, 0.25) is 5.91 Å². The monoisotopic (exact) mass is 425 g/mol. The molecule has 0 heterocycles. The molecule has 1 amide bonds. The second-order valence-electron chi connectivity index (χ2n) is 7.45. The van der Waals surface area contributed by atoms with Gasteiger partial charge in [0.1, 0.15) is 0 Å². The minimum atomic E-state index is -0.560. The molecular formula is C24H27NO4S. The number of ether oxygens (including phenoxy) is 1. The van der Waals surface area contributed by atoms with Crippen molar-refractivity contribution in [3.63, 3.8) is 0 Å². The van der Waals surface area contributed by atoms with Gasteiger partial charge >= 0.3 is 5.97 Å². The first-order chi connectivity index (χ1) is 14.6. The van der Waals surface area contributed by atoms with Gasteiger partial charge in [0.05, 0.1) is 11.3 Å². The molecule has 1 aliphatic rings. The van der Waals surface area contributed by atoms with Crippen LogP contribution in [0.25, 0.3) is 0 Å². The number of Topliss-reactive ketones (excluding diaryl/α,β-unsaturated/α-hetero) is 1. The number of thioether (sulfide) groups is 1. The molecule has 0 bridgehead atoms. The molecule has 0 unspecified atom stereocenters. The molecule has 2 aromatic rings. The van der Waals surface area contributed by atoms with Crippen LogP contribution in [0.15, 0.2) is 59.5 Å². The molecular weight excluding hydrogens is 398 g/mol. The van der Waals surface area contributed by atoms with Gasteiger partial charge in [-0.2, -0.15) is 0 Å². The molecule has 158 valence electrons. The highest BCUT2D eigenvalue weighted by Crippen LogP contribution is 2.26. The Morgan fingerprint density at radius 1 is 0.967 bits per heavy atom. The number of ketones is 1. The second-order valence-corrected chi connectivity index (χ2v) is 8.46. The SMILES string of the molecule is CN(C(=O)CSc1ccccc1C(=O)OCC(=O)c1ccccc1)C1CCCCC1. The van der Waals surface area contributed by atoms with E-state index in [2.05, 4.69) is 0 Å². The van der Waals surface area contributed by atoms with E-state index in [1.165, 1.54) is 31.0 Å². The minimum Gasteiger partial charge on any atom is -0.454 e. The quantitative estimate of drug-likeness (QED) is 0.351. The molecule has 2 aromatic carbocycles. The maximum atomic E-state index is 12.6. The number of esters is 1. The van der Waals surface area contributed by atoms with E-state index in [4.69, 9.17) is 4.74 Å². The molecule has 1 fully saturated rings. The number of hydrogen-bond acceptors (Lipinski definition) is 5. The van der Waals surface area contributed by atoms with Crippen molar-refractivity contribution in [1.29, 1.82) is 0 Å². The van der Waals surface area contributed by atoms with Crippen LogP contribution in [0, 0.1) is 0 Å². The number of carbonyl (C=O) groups is 3. The van der Waals surface area contributed by atoms with Gasteiger partial charge in [0.25, 0.3) is 0 Å². The zero-order valence-electron chi connectivity index (χ0n) is 17.2. The Morgan fingerprint density at radius 2 is 1.63 bits per heavy atom. The Hall–Kier alpha value is -2.60. The van der Waals surface area contributed by atoms with E-state index in [1.807, 2.05) is 24.1 Å². The smallest absolute Gasteiger partial charge is 0.339 e. The molecule has 0 radical (unpaired) electrons. The first kappa shape index (κ1) is 22.1. The van der Waals surface area contributed by atoms with Crippen molar-refractivity contribution in [3.05, 3.63) is 65.7 Å². The third kappa shape index (κ3) is 5.95. The van der Waals surface area contributed by atoms with E-state index in [0.29, 0.717) is 22.1 Å². The summed E-state index contributed by atoms with van der Waals surface area (Å²) in [5.74, 6) is -0.483. The van der Waals surface area contributed by atoms with Gasteiger partial charge in [-0.25, -0.2) is 4.79 Å². The Labute approximate surface area is 181 Å². The Morgan fingerprint density at radius 3 is 2.37 bits per heavy atom. The standard InChI is InChI=1S/C24H27NO4S/c1-25(19-12-6-3-7-13-19)23(27)17-30-22-15-9-8-14-20(22)24(28)29-16-21(26)18-10-4-2-5-11-18/h2,4-5,8-11,14-15,19H,3,6-7,12-13,16-17H2,1H3. The first-order valence-electron chi connectivity index (χ1n) is 10.3. The van der Waals surface area contributed by atoms with Crippen LogP contribution >= 0.6 is 11.8 Å². The molecule has 1 aliphatic carbocycles. The van der Waals surface area contributed by atoms with E-state index in [1.54, 1.807) is 42.5 Å². The fraction of sp³-hybridized carbons (Fsp3) is 0.375. The van der Waals surface area contributed by atoms with Crippen molar-refractivity contribution in [2.75, 3.05) is 19.4 Å². The van der Waals surface area contributed by atoms with Gasteiger partial charge in [-0.1, -0.05) is 61.7 Å². The maximum Gasteiger partial charge on any atom is 0.339 e. The summed E-state index contributed by atoms with van der Waals surface area (Å²) in [5, 5.41) is 0. The number of carbonyl (C=O) groups excluding carboxylic acids is 3. The Balaban J connectivity index is 1.56. The lowest BCUT2D eigenvalue weighted by Crippen LogP contribution is -2.39. The van der Waals surface area contributed by atoms with Crippen LogP contribution in [-0.2, 0) is 9.53 Å². The van der Waals surface area contributed by atoms with Crippen LogP contribution < -0.4 is 0 Å². The largest absolute Gasteiger partial charge is 0.454 e. The summed E-state index contributed by atoms with van der Waals surface area (Å²) in [5.41, 5.74) is 0.876. The van der Waals surface area contributed by atoms with E-state index in [9.17, 15) is 14.4 Å². The molecule has 0 spiro atoms. The van der Waals surface area contributed by atoms with Crippen molar-refractivity contribution in [3.8, 4) is 0 Å². The molecule has 1 saturated carbocycles. The van der Waals surface area contributed by atoms with Crippen LogP contribution in [0.5, 0.6) is 0 Å². The molecule has 0 aromatic heterocycles. The van der Waals surface area contributed by atoms with Crippen LogP contribution in [0.3, 0.4) is 0 Å². The number of benzene rings is 2. The van der Waals surface area contributed by atoms with Gasteiger partial charge in [-0.15, -0.1) is 11.8 Å². The summed E-state index contributed by atoms with van der Waals surface area (Å²) in [4.78, 5) is 39.9. The zero-order chi connectivity index (χ0) is 21.3. The van der Waals surface area contributed by atoms with Crippen molar-refractivity contribution >= 4 is 29.4 Å². The van der Waals surface area contributed by atoms with Gasteiger partial charge < -0.3 is 9.64 Å². The zero-order valence-corrected chi connectivity index (χ0v) is 18.0. The summed E-state index contributed by atoms with van der Waals surface area (Å²) in [6.07, 6.45) is 5.71. The summed E-state index contributed by atoms with van der Waals surface area (Å²) in [7, 11) is 1.87. The van der Waals surface area contributed by atoms with Gasteiger partial charge in [-0.3, -0.25) is 9.59 Å². The number of hydrogen-bond donors (Lipinski definition) is 0. The molecule has 5 nitrogen and oxygen atoms in total. The van der Waals surface area contributed by atoms with Gasteiger partial charge in [-0.05, 0) is 25.0 Å². The lowest BCUT2D eigenvalue weighted by Gasteiger charge is -2.31. The summed E-state index contributed by atoms with van der Waals surface area (Å²) < 4.78 is 5.24. The molecule has 30 heavy (non-hydrogen) atoms. The highest BCUT2D eigenvalue weighted by Gasteiger charge is 2.23. The Kier molecular flexibility index (Phi) is 8.08. The van der Waals surface area contributed by atoms with Gasteiger partial charge in [0, 0.05) is 23.5 Å². The number of nitrogens with zero attached hydrogens (tertiary/aromatic N) is 1. The normalized spacial score (nSPS) is 14.2. The van der Waals surface area contributed by atoms with E-state index in [0.717, 1.165) is 12.8 Å². The van der Waals surface area contributed by atoms with Crippen LogP contribution in [0.1, 0.15) is 52.8 Å². The predicted octanol–water partition coefficient (Wildman–Crippen LogP) is 4.61. The molecule has 6 heteroatoms. The van der Waals surface area contributed by atoms with E-state index >= 15 is 0 Å². The van der Waals surface area contributed by atoms with Crippen LogP contribution in [0.2, 0.25) is 0 Å². The average molecular weight is 426 g/mol. The topological polar surface area (TPSA) is 63.7 Å². The third-order valence-electron chi connectivity index (χ3n) is 5.40. The lowest BCUT2D eigenvalue weighted by molar-refractivity contribution is -0.129. The molecule has 3 rings (SSSR count). The molecule has 0 atom stereocenters. The summed E-state index contributed by atoms with van der Waals surface area (Å²) in [6, 6.07) is 16.1. The summed E-state index contributed by atoms with van der Waals surface area (Å²) in [6.45, 7) is -0.314. The maximum absolute atomic E-state index is 12.6. The highest BCUT2D eigenvalue weighted by molar-refractivity contribution is 8.00. The van der Waals surface area contributed by atoms with Crippen molar-refractivity contribution in [1.82, 2.24) is 4.90 Å². The van der Waals surface area contributed by atoms with Gasteiger partial charge in [0.15, 0.2) is 12.4 Å². The number of rotatable bonds is 8. The minimum absolute atomic E-state index is 0.0642. The predicted molar refractivity (Wildman–Crippen MR) is 118 cm³/mol. The fourth-order valence-corrected chi connectivity index (χ4v) is 4.55. The third-order valence-corrected chi connectivity index (χ3v) is 6.46. The summed E-state index contributed by atoms with van der Waals surface area (Å²) >= 11 is 1.33. The second kappa shape index (κ2) is 11.0. The Bertz CT molecular complexity index is 878.